The summed E-state index contributed by atoms with van der Waals surface area (Å²) >= 11 is 3.44. The van der Waals surface area contributed by atoms with Gasteiger partial charge in [0.15, 0.2) is 0 Å². The van der Waals surface area contributed by atoms with Crippen LogP contribution in [-0.4, -0.2) is 15.2 Å². The molecule has 0 radical (unpaired) electrons. The highest BCUT2D eigenvalue weighted by atomic mass is 79.9. The molecule has 1 heterocycles. The second kappa shape index (κ2) is 5.29. The molecule has 1 N–H and O–H groups in total. The molecular formula is C15H10BrFN2O2. The van der Waals surface area contributed by atoms with Crippen LogP contribution >= 0.6 is 15.9 Å². The first kappa shape index (κ1) is 13.8. The van der Waals surface area contributed by atoms with E-state index in [9.17, 15) is 9.50 Å². The molecule has 0 spiro atoms. The lowest BCUT2D eigenvalue weighted by molar-refractivity contribution is 0.428. The highest BCUT2D eigenvalue weighted by Crippen LogP contribution is 2.28. The molecular weight excluding hydrogens is 339 g/mol. The molecule has 106 valence electrons. The number of hydrogen-bond acceptors (Lipinski definition) is 4. The second-order valence-electron chi connectivity index (χ2n) is 4.55. The van der Waals surface area contributed by atoms with Crippen LogP contribution in [0, 0.1) is 12.7 Å². The number of benzene rings is 2. The molecule has 0 saturated heterocycles. The highest BCUT2D eigenvalue weighted by Gasteiger charge is 2.15. The minimum absolute atomic E-state index is 0.0687. The predicted octanol–water partition coefficient (Wildman–Crippen LogP) is 4.32. The first-order valence-electron chi connectivity index (χ1n) is 6.14. The van der Waals surface area contributed by atoms with E-state index in [4.69, 9.17) is 4.52 Å². The summed E-state index contributed by atoms with van der Waals surface area (Å²) in [5.41, 5.74) is 2.01. The fourth-order valence-corrected chi connectivity index (χ4v) is 2.24. The number of aromatic nitrogens is 2. The second-order valence-corrected chi connectivity index (χ2v) is 5.41. The van der Waals surface area contributed by atoms with Crippen LogP contribution in [-0.2, 0) is 0 Å². The van der Waals surface area contributed by atoms with Gasteiger partial charge in [-0.15, -0.1) is 0 Å². The Morgan fingerprint density at radius 2 is 2.00 bits per heavy atom. The standard InChI is InChI=1S/C15H10BrFN2O2/c1-8-2-3-9(6-12(8)16)14-18-15(21-19-14)11-5-4-10(20)7-13(11)17/h2-7,20H,1H3. The summed E-state index contributed by atoms with van der Waals surface area (Å²) in [7, 11) is 0. The van der Waals surface area contributed by atoms with Gasteiger partial charge >= 0.3 is 0 Å². The van der Waals surface area contributed by atoms with E-state index in [-0.39, 0.29) is 17.2 Å². The van der Waals surface area contributed by atoms with Crippen LogP contribution in [0.25, 0.3) is 22.8 Å². The van der Waals surface area contributed by atoms with Crippen molar-refractivity contribution in [3.8, 4) is 28.6 Å². The largest absolute Gasteiger partial charge is 0.508 e. The molecule has 0 fully saturated rings. The number of rotatable bonds is 2. The third-order valence-corrected chi connectivity index (χ3v) is 3.89. The number of phenols is 1. The monoisotopic (exact) mass is 348 g/mol. The van der Waals surface area contributed by atoms with Crippen molar-refractivity contribution >= 4 is 15.9 Å². The first-order valence-corrected chi connectivity index (χ1v) is 6.93. The number of nitrogens with zero attached hydrogens (tertiary/aromatic N) is 2. The lowest BCUT2D eigenvalue weighted by atomic mass is 10.1. The highest BCUT2D eigenvalue weighted by molar-refractivity contribution is 9.10. The Bertz CT molecular complexity index is 817. The van der Waals surface area contributed by atoms with Crippen molar-refractivity contribution in [1.82, 2.24) is 10.1 Å². The Morgan fingerprint density at radius 3 is 2.71 bits per heavy atom. The molecule has 0 saturated carbocycles. The summed E-state index contributed by atoms with van der Waals surface area (Å²) in [4.78, 5) is 4.19. The zero-order valence-corrected chi connectivity index (χ0v) is 12.6. The van der Waals surface area contributed by atoms with Crippen molar-refractivity contribution in [3.05, 3.63) is 52.3 Å². The van der Waals surface area contributed by atoms with Crippen molar-refractivity contribution in [3.63, 3.8) is 0 Å². The summed E-state index contributed by atoms with van der Waals surface area (Å²) in [6.07, 6.45) is 0. The lowest BCUT2D eigenvalue weighted by Gasteiger charge is -1.99. The van der Waals surface area contributed by atoms with E-state index >= 15 is 0 Å². The van der Waals surface area contributed by atoms with Gasteiger partial charge in [0.25, 0.3) is 5.89 Å². The van der Waals surface area contributed by atoms with Crippen LogP contribution in [0.3, 0.4) is 0 Å². The van der Waals surface area contributed by atoms with Crippen LogP contribution in [0.5, 0.6) is 5.75 Å². The number of halogens is 2. The first-order chi connectivity index (χ1) is 10.0. The maximum atomic E-state index is 13.8. The van der Waals surface area contributed by atoms with E-state index in [2.05, 4.69) is 26.1 Å². The van der Waals surface area contributed by atoms with Gasteiger partial charge in [0.05, 0.1) is 5.56 Å². The van der Waals surface area contributed by atoms with Gasteiger partial charge in [-0.1, -0.05) is 33.2 Å². The molecule has 0 aliphatic heterocycles. The summed E-state index contributed by atoms with van der Waals surface area (Å²) < 4.78 is 19.8. The van der Waals surface area contributed by atoms with E-state index in [1.165, 1.54) is 12.1 Å². The summed E-state index contributed by atoms with van der Waals surface area (Å²) in [6.45, 7) is 1.97. The molecule has 0 atom stereocenters. The number of hydrogen-bond donors (Lipinski definition) is 1. The van der Waals surface area contributed by atoms with Gasteiger partial charge in [-0.25, -0.2) is 4.39 Å². The molecule has 0 amide bonds. The quantitative estimate of drug-likeness (QED) is 0.749. The Hall–Kier alpha value is -2.21. The van der Waals surface area contributed by atoms with Crippen molar-refractivity contribution in [2.45, 2.75) is 6.92 Å². The summed E-state index contributed by atoms with van der Waals surface area (Å²) in [5.74, 6) is -0.328. The maximum Gasteiger partial charge on any atom is 0.261 e. The molecule has 1 aromatic heterocycles. The molecule has 0 aliphatic rings. The van der Waals surface area contributed by atoms with Crippen molar-refractivity contribution < 1.29 is 14.0 Å². The van der Waals surface area contributed by atoms with E-state index in [0.717, 1.165) is 21.7 Å². The fourth-order valence-electron chi connectivity index (χ4n) is 1.86. The van der Waals surface area contributed by atoms with Gasteiger partial charge < -0.3 is 9.63 Å². The average Bonchev–Trinajstić information content (AvgIpc) is 2.91. The minimum Gasteiger partial charge on any atom is -0.508 e. The zero-order valence-electron chi connectivity index (χ0n) is 11.0. The van der Waals surface area contributed by atoms with E-state index in [1.54, 1.807) is 0 Å². The molecule has 21 heavy (non-hydrogen) atoms. The maximum absolute atomic E-state index is 13.8. The van der Waals surface area contributed by atoms with Gasteiger partial charge in [-0.05, 0) is 30.7 Å². The summed E-state index contributed by atoms with van der Waals surface area (Å²) in [6, 6.07) is 9.43. The predicted molar refractivity (Wildman–Crippen MR) is 79.2 cm³/mol. The average molecular weight is 349 g/mol. The zero-order chi connectivity index (χ0) is 15.0. The van der Waals surface area contributed by atoms with E-state index in [1.807, 2.05) is 25.1 Å². The van der Waals surface area contributed by atoms with E-state index in [0.29, 0.717) is 5.82 Å². The lowest BCUT2D eigenvalue weighted by Crippen LogP contribution is -1.85. The molecule has 0 aliphatic carbocycles. The Kier molecular flexibility index (Phi) is 3.47. The van der Waals surface area contributed by atoms with Gasteiger partial charge in [0.2, 0.25) is 5.82 Å². The van der Waals surface area contributed by atoms with Gasteiger partial charge in [0.1, 0.15) is 11.6 Å². The minimum atomic E-state index is -0.615. The van der Waals surface area contributed by atoms with Crippen molar-refractivity contribution in [2.75, 3.05) is 0 Å². The van der Waals surface area contributed by atoms with Crippen LogP contribution in [0.4, 0.5) is 4.39 Å². The molecule has 4 nitrogen and oxygen atoms in total. The molecule has 2 aromatic carbocycles. The molecule has 3 aromatic rings. The molecule has 6 heteroatoms. The van der Waals surface area contributed by atoms with Crippen LogP contribution in [0.2, 0.25) is 0 Å². The topological polar surface area (TPSA) is 59.2 Å². The van der Waals surface area contributed by atoms with Crippen LogP contribution in [0.1, 0.15) is 5.56 Å². The van der Waals surface area contributed by atoms with E-state index < -0.39 is 5.82 Å². The number of aromatic hydroxyl groups is 1. The molecule has 0 bridgehead atoms. The van der Waals surface area contributed by atoms with Crippen LogP contribution < -0.4 is 0 Å². The normalized spacial score (nSPS) is 10.8. The van der Waals surface area contributed by atoms with Crippen LogP contribution in [0.15, 0.2) is 45.4 Å². The smallest absolute Gasteiger partial charge is 0.261 e. The Morgan fingerprint density at radius 1 is 1.19 bits per heavy atom. The van der Waals surface area contributed by atoms with Gasteiger partial charge in [-0.3, -0.25) is 0 Å². The molecule has 0 unspecified atom stereocenters. The SMILES string of the molecule is Cc1ccc(-c2noc(-c3ccc(O)cc3F)n2)cc1Br. The third kappa shape index (κ3) is 2.67. The molecule has 3 rings (SSSR count). The van der Waals surface area contributed by atoms with Crippen molar-refractivity contribution in [2.24, 2.45) is 0 Å². The fraction of sp³-hybridized carbons (Fsp3) is 0.0667. The number of aryl methyl sites for hydroxylation is 1. The van der Waals surface area contributed by atoms with Crippen molar-refractivity contribution in [1.29, 1.82) is 0 Å². The Labute approximate surface area is 128 Å². The summed E-state index contributed by atoms with van der Waals surface area (Å²) in [5, 5.41) is 13.1. The van der Waals surface area contributed by atoms with Gasteiger partial charge in [-0.2, -0.15) is 4.98 Å². The van der Waals surface area contributed by atoms with Gasteiger partial charge in [0, 0.05) is 16.1 Å². The third-order valence-electron chi connectivity index (χ3n) is 3.04. The number of phenolic OH excluding ortho intramolecular Hbond substituents is 1. The Balaban J connectivity index is 2.01.